The van der Waals surface area contributed by atoms with Gasteiger partial charge >= 0.3 is 0 Å². The number of aryl methyl sites for hydroxylation is 1. The van der Waals surface area contributed by atoms with E-state index in [0.29, 0.717) is 5.92 Å². The molecule has 0 aliphatic carbocycles. The molecule has 0 saturated carbocycles. The Kier molecular flexibility index (Phi) is 3.09. The van der Waals surface area contributed by atoms with E-state index in [1.807, 2.05) is 0 Å². The zero-order chi connectivity index (χ0) is 9.97. The topological polar surface area (TPSA) is 12.0 Å². The normalized spacial score (nSPS) is 18.4. The van der Waals surface area contributed by atoms with Gasteiger partial charge in [0.2, 0.25) is 0 Å². The minimum absolute atomic E-state index is 0.703. The lowest BCUT2D eigenvalue weighted by atomic mass is 9.90. The second-order valence-corrected chi connectivity index (χ2v) is 4.44. The monoisotopic (exact) mass is 209 g/mol. The molecule has 0 bridgehead atoms. The highest BCUT2D eigenvalue weighted by atomic mass is 35.5. The van der Waals surface area contributed by atoms with Gasteiger partial charge in [0.25, 0.3) is 0 Å². The van der Waals surface area contributed by atoms with Crippen molar-refractivity contribution in [2.75, 3.05) is 13.1 Å². The fraction of sp³-hybridized carbons (Fsp3) is 0.500. The van der Waals surface area contributed by atoms with Crippen molar-refractivity contribution >= 4 is 11.6 Å². The molecule has 0 radical (unpaired) electrons. The fourth-order valence-electron chi connectivity index (χ4n) is 2.02. The SMILES string of the molecule is Cc1ccc(C2CCNCC2)cc1Cl. The lowest BCUT2D eigenvalue weighted by Gasteiger charge is -2.23. The Hall–Kier alpha value is -0.530. The van der Waals surface area contributed by atoms with E-state index in [1.165, 1.54) is 24.0 Å². The Morgan fingerprint density at radius 1 is 1.29 bits per heavy atom. The van der Waals surface area contributed by atoms with Crippen LogP contribution in [0.1, 0.15) is 29.9 Å². The van der Waals surface area contributed by atoms with E-state index in [4.69, 9.17) is 11.6 Å². The molecule has 1 heterocycles. The lowest BCUT2D eigenvalue weighted by Crippen LogP contribution is -2.26. The van der Waals surface area contributed by atoms with Crippen molar-refractivity contribution in [2.45, 2.75) is 25.7 Å². The van der Waals surface area contributed by atoms with Crippen LogP contribution in [0.5, 0.6) is 0 Å². The summed E-state index contributed by atoms with van der Waals surface area (Å²) in [7, 11) is 0. The molecule has 76 valence electrons. The van der Waals surface area contributed by atoms with E-state index < -0.39 is 0 Å². The first kappa shape index (κ1) is 10.0. The molecular weight excluding hydrogens is 194 g/mol. The van der Waals surface area contributed by atoms with Gasteiger partial charge in [0.15, 0.2) is 0 Å². The molecule has 1 aromatic rings. The predicted octanol–water partition coefficient (Wildman–Crippen LogP) is 3.12. The number of piperidine rings is 1. The van der Waals surface area contributed by atoms with Crippen molar-refractivity contribution < 1.29 is 0 Å². The molecule has 1 aliphatic heterocycles. The van der Waals surface area contributed by atoms with Gasteiger partial charge in [0, 0.05) is 5.02 Å². The summed E-state index contributed by atoms with van der Waals surface area (Å²) in [6.45, 7) is 4.32. The maximum atomic E-state index is 6.12. The highest BCUT2D eigenvalue weighted by Gasteiger charge is 2.15. The standard InChI is InChI=1S/C12H16ClN/c1-9-2-3-11(8-12(9)13)10-4-6-14-7-5-10/h2-3,8,10,14H,4-7H2,1H3. The number of rotatable bonds is 1. The van der Waals surface area contributed by atoms with E-state index in [9.17, 15) is 0 Å². The van der Waals surface area contributed by atoms with Gasteiger partial charge in [-0.1, -0.05) is 23.7 Å². The highest BCUT2D eigenvalue weighted by molar-refractivity contribution is 6.31. The summed E-state index contributed by atoms with van der Waals surface area (Å²) in [5.74, 6) is 0.703. The highest BCUT2D eigenvalue weighted by Crippen LogP contribution is 2.28. The summed E-state index contributed by atoms with van der Waals surface area (Å²) < 4.78 is 0. The van der Waals surface area contributed by atoms with Gasteiger partial charge in [-0.25, -0.2) is 0 Å². The first-order valence-corrected chi connectivity index (χ1v) is 5.62. The number of halogens is 1. The molecule has 14 heavy (non-hydrogen) atoms. The van der Waals surface area contributed by atoms with Crippen LogP contribution >= 0.6 is 11.6 Å². The largest absolute Gasteiger partial charge is 0.317 e. The number of hydrogen-bond donors (Lipinski definition) is 1. The van der Waals surface area contributed by atoms with Crippen molar-refractivity contribution in [3.05, 3.63) is 34.3 Å². The minimum Gasteiger partial charge on any atom is -0.317 e. The Morgan fingerprint density at radius 2 is 2.00 bits per heavy atom. The van der Waals surface area contributed by atoms with Crippen molar-refractivity contribution in [3.63, 3.8) is 0 Å². The van der Waals surface area contributed by atoms with E-state index >= 15 is 0 Å². The van der Waals surface area contributed by atoms with E-state index in [-0.39, 0.29) is 0 Å². The van der Waals surface area contributed by atoms with Crippen molar-refractivity contribution in [2.24, 2.45) is 0 Å². The van der Waals surface area contributed by atoms with Gasteiger partial charge < -0.3 is 5.32 Å². The van der Waals surface area contributed by atoms with Gasteiger partial charge in [-0.15, -0.1) is 0 Å². The van der Waals surface area contributed by atoms with Crippen LogP contribution in [0.2, 0.25) is 5.02 Å². The smallest absolute Gasteiger partial charge is 0.0438 e. The van der Waals surface area contributed by atoms with Crippen LogP contribution in [0.4, 0.5) is 0 Å². The van der Waals surface area contributed by atoms with Gasteiger partial charge in [0.05, 0.1) is 0 Å². The van der Waals surface area contributed by atoms with Crippen LogP contribution in [-0.4, -0.2) is 13.1 Å². The molecule has 0 spiro atoms. The minimum atomic E-state index is 0.703. The predicted molar refractivity (Wildman–Crippen MR) is 61.0 cm³/mol. The molecule has 2 rings (SSSR count). The molecular formula is C12H16ClN. The average Bonchev–Trinajstić information content (AvgIpc) is 2.23. The van der Waals surface area contributed by atoms with E-state index in [1.54, 1.807) is 0 Å². The van der Waals surface area contributed by atoms with Crippen molar-refractivity contribution in [1.82, 2.24) is 5.32 Å². The molecule has 1 nitrogen and oxygen atoms in total. The molecule has 1 fully saturated rings. The van der Waals surface area contributed by atoms with Gasteiger partial charge in [-0.05, 0) is 56.0 Å². The third kappa shape index (κ3) is 2.10. The summed E-state index contributed by atoms with van der Waals surface area (Å²) in [6.07, 6.45) is 2.47. The molecule has 0 atom stereocenters. The molecule has 1 saturated heterocycles. The first-order valence-electron chi connectivity index (χ1n) is 5.24. The third-order valence-corrected chi connectivity index (χ3v) is 3.41. The Labute approximate surface area is 90.5 Å². The molecule has 0 unspecified atom stereocenters. The Balaban J connectivity index is 2.18. The van der Waals surface area contributed by atoms with Crippen LogP contribution in [0.3, 0.4) is 0 Å². The third-order valence-electron chi connectivity index (χ3n) is 3.01. The first-order chi connectivity index (χ1) is 6.77. The van der Waals surface area contributed by atoms with Gasteiger partial charge in [-0.2, -0.15) is 0 Å². The summed E-state index contributed by atoms with van der Waals surface area (Å²) in [5, 5.41) is 4.28. The summed E-state index contributed by atoms with van der Waals surface area (Å²) in [6, 6.07) is 6.48. The second-order valence-electron chi connectivity index (χ2n) is 4.03. The quantitative estimate of drug-likeness (QED) is 0.750. The molecule has 1 aromatic carbocycles. The molecule has 0 aromatic heterocycles. The number of benzene rings is 1. The van der Waals surface area contributed by atoms with E-state index in [2.05, 4.69) is 30.4 Å². The number of nitrogens with one attached hydrogen (secondary N) is 1. The average molecular weight is 210 g/mol. The maximum absolute atomic E-state index is 6.12. The van der Waals surface area contributed by atoms with Crippen LogP contribution in [0, 0.1) is 6.92 Å². The molecule has 1 N–H and O–H groups in total. The Morgan fingerprint density at radius 3 is 2.64 bits per heavy atom. The van der Waals surface area contributed by atoms with Crippen LogP contribution in [-0.2, 0) is 0 Å². The second kappa shape index (κ2) is 4.33. The van der Waals surface area contributed by atoms with Crippen LogP contribution < -0.4 is 5.32 Å². The summed E-state index contributed by atoms with van der Waals surface area (Å²) in [4.78, 5) is 0. The maximum Gasteiger partial charge on any atom is 0.0438 e. The molecule has 1 aliphatic rings. The van der Waals surface area contributed by atoms with Gasteiger partial charge in [0.1, 0.15) is 0 Å². The van der Waals surface area contributed by atoms with Crippen molar-refractivity contribution in [3.8, 4) is 0 Å². The van der Waals surface area contributed by atoms with Crippen molar-refractivity contribution in [1.29, 1.82) is 0 Å². The lowest BCUT2D eigenvalue weighted by molar-refractivity contribution is 0.460. The number of hydrogen-bond acceptors (Lipinski definition) is 1. The zero-order valence-corrected chi connectivity index (χ0v) is 9.27. The van der Waals surface area contributed by atoms with Gasteiger partial charge in [-0.3, -0.25) is 0 Å². The van der Waals surface area contributed by atoms with Crippen LogP contribution in [0.25, 0.3) is 0 Å². The fourth-order valence-corrected chi connectivity index (χ4v) is 2.21. The summed E-state index contributed by atoms with van der Waals surface area (Å²) >= 11 is 6.12. The molecule has 0 amide bonds. The molecule has 2 heteroatoms. The Bertz CT molecular complexity index is 316. The summed E-state index contributed by atoms with van der Waals surface area (Å²) in [5.41, 5.74) is 2.58. The van der Waals surface area contributed by atoms with Crippen LogP contribution in [0.15, 0.2) is 18.2 Å². The van der Waals surface area contributed by atoms with E-state index in [0.717, 1.165) is 18.1 Å². The zero-order valence-electron chi connectivity index (χ0n) is 8.52.